The first-order valence-corrected chi connectivity index (χ1v) is 9.68. The molecular weight excluding hydrogens is 356 g/mol. The van der Waals surface area contributed by atoms with Crippen LogP contribution in [0.5, 0.6) is 5.75 Å². The van der Waals surface area contributed by atoms with Crippen molar-refractivity contribution in [1.82, 2.24) is 4.98 Å². The first-order chi connectivity index (χ1) is 13.5. The van der Waals surface area contributed by atoms with Gasteiger partial charge in [-0.15, -0.1) is 0 Å². The number of rotatable bonds is 8. The maximum absolute atomic E-state index is 12.6. The highest BCUT2D eigenvalue weighted by molar-refractivity contribution is 5.91. The van der Waals surface area contributed by atoms with Gasteiger partial charge in [-0.1, -0.05) is 31.4 Å². The van der Waals surface area contributed by atoms with E-state index >= 15 is 0 Å². The molecule has 1 aromatic heterocycles. The van der Waals surface area contributed by atoms with Gasteiger partial charge >= 0.3 is 5.97 Å². The zero-order chi connectivity index (χ0) is 19.8. The number of hydrogen-bond acceptors (Lipinski definition) is 4. The maximum Gasteiger partial charge on any atom is 0.303 e. The lowest BCUT2D eigenvalue weighted by atomic mass is 9.69. The number of pyridine rings is 1. The van der Waals surface area contributed by atoms with E-state index in [2.05, 4.69) is 10.3 Å². The van der Waals surface area contributed by atoms with Crippen LogP contribution in [0.25, 0.3) is 0 Å². The van der Waals surface area contributed by atoms with Crippen LogP contribution < -0.4 is 10.1 Å². The van der Waals surface area contributed by atoms with Crippen LogP contribution >= 0.6 is 0 Å². The van der Waals surface area contributed by atoms with E-state index in [0.717, 1.165) is 37.7 Å². The molecule has 148 valence electrons. The van der Waals surface area contributed by atoms with Crippen molar-refractivity contribution >= 4 is 17.6 Å². The predicted octanol–water partition coefficient (Wildman–Crippen LogP) is 4.41. The predicted molar refractivity (Wildman–Crippen MR) is 106 cm³/mol. The number of hydrogen-bond donors (Lipinski definition) is 2. The second-order valence-corrected chi connectivity index (χ2v) is 7.53. The Kier molecular flexibility index (Phi) is 6.63. The molecule has 28 heavy (non-hydrogen) atoms. The van der Waals surface area contributed by atoms with Gasteiger partial charge in [0.15, 0.2) is 0 Å². The van der Waals surface area contributed by atoms with Gasteiger partial charge in [-0.25, -0.2) is 0 Å². The second-order valence-electron chi connectivity index (χ2n) is 7.53. The van der Waals surface area contributed by atoms with Crippen LogP contribution in [0, 0.1) is 5.41 Å². The average molecular weight is 382 g/mol. The van der Waals surface area contributed by atoms with Gasteiger partial charge in [0.05, 0.1) is 6.42 Å². The Bertz CT molecular complexity index is 801. The highest BCUT2D eigenvalue weighted by Gasteiger charge is 2.36. The smallest absolute Gasteiger partial charge is 0.303 e. The summed E-state index contributed by atoms with van der Waals surface area (Å²) in [6.07, 6.45) is 8.41. The van der Waals surface area contributed by atoms with Gasteiger partial charge in [0.25, 0.3) is 0 Å². The average Bonchev–Trinajstić information content (AvgIpc) is 2.67. The van der Waals surface area contributed by atoms with Gasteiger partial charge < -0.3 is 15.2 Å². The molecule has 2 N–H and O–H groups in total. The van der Waals surface area contributed by atoms with E-state index in [-0.39, 0.29) is 18.7 Å². The lowest BCUT2D eigenvalue weighted by molar-refractivity contribution is -0.140. The lowest BCUT2D eigenvalue weighted by Crippen LogP contribution is -2.32. The summed E-state index contributed by atoms with van der Waals surface area (Å²) in [6, 6.07) is 11.0. The van der Waals surface area contributed by atoms with Crippen LogP contribution in [-0.4, -0.2) is 22.0 Å². The number of ether oxygens (including phenoxy) is 1. The molecule has 0 atom stereocenters. The van der Waals surface area contributed by atoms with E-state index in [1.807, 2.05) is 24.3 Å². The minimum absolute atomic E-state index is 0.0503. The largest absolute Gasteiger partial charge is 0.489 e. The van der Waals surface area contributed by atoms with Crippen molar-refractivity contribution in [2.75, 3.05) is 5.32 Å². The molecule has 0 bridgehead atoms. The summed E-state index contributed by atoms with van der Waals surface area (Å²) in [5.41, 5.74) is 1.18. The quantitative estimate of drug-likeness (QED) is 0.706. The number of carboxylic acid groups (broad SMARTS) is 1. The van der Waals surface area contributed by atoms with Crippen LogP contribution in [0.3, 0.4) is 0 Å². The fourth-order valence-electron chi connectivity index (χ4n) is 3.90. The van der Waals surface area contributed by atoms with E-state index < -0.39 is 11.4 Å². The first kappa shape index (κ1) is 19.9. The molecule has 1 amide bonds. The third-order valence-electron chi connectivity index (χ3n) is 5.22. The molecule has 1 aliphatic carbocycles. The molecule has 2 aromatic rings. The summed E-state index contributed by atoms with van der Waals surface area (Å²) in [4.78, 5) is 28.0. The van der Waals surface area contributed by atoms with Crippen molar-refractivity contribution in [3.63, 3.8) is 0 Å². The topological polar surface area (TPSA) is 88.5 Å². The number of carboxylic acids is 1. The minimum atomic E-state index is -0.833. The first-order valence-electron chi connectivity index (χ1n) is 9.68. The van der Waals surface area contributed by atoms with Crippen LogP contribution in [0.2, 0.25) is 0 Å². The SMILES string of the molecule is O=C(O)CC1(CC(=O)Nc2cccc(OCc3cccnc3)c2)CCCCC1. The van der Waals surface area contributed by atoms with E-state index in [9.17, 15) is 14.7 Å². The van der Waals surface area contributed by atoms with E-state index in [4.69, 9.17) is 4.74 Å². The zero-order valence-electron chi connectivity index (χ0n) is 15.9. The summed E-state index contributed by atoms with van der Waals surface area (Å²) < 4.78 is 5.77. The fraction of sp³-hybridized carbons (Fsp3) is 0.409. The van der Waals surface area contributed by atoms with Gasteiger partial charge in [0.2, 0.25) is 5.91 Å². The number of amides is 1. The monoisotopic (exact) mass is 382 g/mol. The maximum atomic E-state index is 12.6. The number of anilines is 1. The molecule has 1 saturated carbocycles. The van der Waals surface area contributed by atoms with Crippen molar-refractivity contribution in [2.45, 2.75) is 51.6 Å². The number of nitrogens with zero attached hydrogens (tertiary/aromatic N) is 1. The molecule has 1 fully saturated rings. The van der Waals surface area contributed by atoms with Gasteiger partial charge in [-0.05, 0) is 36.5 Å². The molecule has 1 heterocycles. The summed E-state index contributed by atoms with van der Waals surface area (Å²) >= 11 is 0. The molecule has 0 spiro atoms. The summed E-state index contributed by atoms with van der Waals surface area (Å²) in [6.45, 7) is 0.396. The molecule has 1 aliphatic rings. The molecule has 3 rings (SSSR count). The van der Waals surface area contributed by atoms with Crippen molar-refractivity contribution in [3.8, 4) is 5.75 Å². The van der Waals surface area contributed by atoms with Gasteiger partial charge in [0, 0.05) is 36.1 Å². The number of aromatic nitrogens is 1. The van der Waals surface area contributed by atoms with Crippen molar-refractivity contribution in [1.29, 1.82) is 0 Å². The highest BCUT2D eigenvalue weighted by Crippen LogP contribution is 2.42. The molecule has 0 unspecified atom stereocenters. The molecule has 0 radical (unpaired) electrons. The van der Waals surface area contributed by atoms with Crippen LogP contribution in [0.15, 0.2) is 48.8 Å². The number of carbonyl (C=O) groups excluding carboxylic acids is 1. The third-order valence-corrected chi connectivity index (χ3v) is 5.22. The Morgan fingerprint density at radius 1 is 1.11 bits per heavy atom. The fourth-order valence-corrected chi connectivity index (χ4v) is 3.90. The third kappa shape index (κ3) is 5.81. The Balaban J connectivity index is 1.59. The molecule has 6 heteroatoms. The number of carbonyl (C=O) groups is 2. The van der Waals surface area contributed by atoms with E-state index in [0.29, 0.717) is 18.0 Å². The van der Waals surface area contributed by atoms with E-state index in [1.165, 1.54) is 0 Å². The van der Waals surface area contributed by atoms with Crippen molar-refractivity contribution in [3.05, 3.63) is 54.4 Å². The number of benzene rings is 1. The summed E-state index contributed by atoms with van der Waals surface area (Å²) in [7, 11) is 0. The standard InChI is InChI=1S/C22H26N2O4/c25-20(13-22(14-21(26)27)9-2-1-3-10-22)24-18-7-4-8-19(12-18)28-16-17-6-5-11-23-15-17/h4-8,11-12,15H,1-3,9-10,13-14,16H2,(H,24,25)(H,26,27). The van der Waals surface area contributed by atoms with E-state index in [1.54, 1.807) is 24.5 Å². The number of nitrogens with one attached hydrogen (secondary N) is 1. The molecule has 0 aliphatic heterocycles. The Morgan fingerprint density at radius 3 is 2.64 bits per heavy atom. The summed E-state index contributed by atoms with van der Waals surface area (Å²) in [5.74, 6) is -0.326. The van der Waals surface area contributed by atoms with Gasteiger partial charge in [-0.2, -0.15) is 0 Å². The van der Waals surface area contributed by atoms with Gasteiger partial charge in [0.1, 0.15) is 12.4 Å². The van der Waals surface area contributed by atoms with Crippen LogP contribution in [-0.2, 0) is 16.2 Å². The lowest BCUT2D eigenvalue weighted by Gasteiger charge is -2.35. The summed E-state index contributed by atoms with van der Waals surface area (Å²) in [5, 5.41) is 12.2. The minimum Gasteiger partial charge on any atom is -0.489 e. The van der Waals surface area contributed by atoms with Crippen molar-refractivity contribution in [2.24, 2.45) is 5.41 Å². The van der Waals surface area contributed by atoms with Crippen molar-refractivity contribution < 1.29 is 19.4 Å². The molecule has 1 aromatic carbocycles. The Morgan fingerprint density at radius 2 is 1.93 bits per heavy atom. The van der Waals surface area contributed by atoms with Crippen LogP contribution in [0.4, 0.5) is 5.69 Å². The van der Waals surface area contributed by atoms with Gasteiger partial charge in [-0.3, -0.25) is 14.6 Å². The molecule has 6 nitrogen and oxygen atoms in total. The van der Waals surface area contributed by atoms with Crippen LogP contribution in [0.1, 0.15) is 50.5 Å². The highest BCUT2D eigenvalue weighted by atomic mass is 16.5. The molecule has 0 saturated heterocycles. The Hall–Kier alpha value is -2.89. The normalized spacial score (nSPS) is 15.6. The molecular formula is C22H26N2O4. The Labute approximate surface area is 164 Å². The number of aliphatic carboxylic acids is 1. The zero-order valence-corrected chi connectivity index (χ0v) is 15.9. The second kappa shape index (κ2) is 9.35.